The van der Waals surface area contributed by atoms with Crippen LogP contribution in [0.4, 0.5) is 4.79 Å². The molecule has 1 rings (SSSR count). The van der Waals surface area contributed by atoms with Crippen LogP contribution < -0.4 is 5.32 Å². The average Bonchev–Trinajstić information content (AvgIpc) is 3.11. The number of alkyl carbamates (subject to hydrolysis) is 1. The minimum Gasteiger partial charge on any atom is -0.464 e. The van der Waals surface area contributed by atoms with Crippen LogP contribution in [0.15, 0.2) is 12.7 Å². The number of amides is 1. The van der Waals surface area contributed by atoms with Gasteiger partial charge in [0.1, 0.15) is 12.1 Å². The van der Waals surface area contributed by atoms with E-state index in [0.717, 1.165) is 25.7 Å². The summed E-state index contributed by atoms with van der Waals surface area (Å²) in [6.07, 6.45) is 15.0. The third-order valence-electron chi connectivity index (χ3n) is 5.00. The predicted octanol–water partition coefficient (Wildman–Crippen LogP) is 5.29. The van der Waals surface area contributed by atoms with Crippen molar-refractivity contribution in [2.75, 3.05) is 13.2 Å². The van der Waals surface area contributed by atoms with Crippen LogP contribution in [-0.2, 0) is 14.3 Å². The van der Waals surface area contributed by atoms with Gasteiger partial charge < -0.3 is 14.8 Å². The minimum atomic E-state index is -0.905. The average molecular weight is 368 g/mol. The summed E-state index contributed by atoms with van der Waals surface area (Å²) in [6, 6.07) is 0. The van der Waals surface area contributed by atoms with E-state index in [1.165, 1.54) is 51.0 Å². The molecule has 150 valence electrons. The van der Waals surface area contributed by atoms with E-state index >= 15 is 0 Å². The lowest BCUT2D eigenvalue weighted by Crippen LogP contribution is -2.53. The van der Waals surface area contributed by atoms with E-state index in [9.17, 15) is 9.59 Å². The molecule has 0 saturated heterocycles. The molecule has 0 aromatic rings. The number of hydrogen-bond acceptors (Lipinski definition) is 4. The fourth-order valence-corrected chi connectivity index (χ4v) is 3.44. The van der Waals surface area contributed by atoms with Crippen molar-refractivity contribution >= 4 is 12.1 Å². The molecule has 0 bridgehead atoms. The molecular weight excluding hydrogens is 330 g/mol. The molecular formula is C21H37NO4. The monoisotopic (exact) mass is 367 g/mol. The summed E-state index contributed by atoms with van der Waals surface area (Å²) in [5, 5.41) is 2.73. The zero-order valence-electron chi connectivity index (χ0n) is 16.5. The van der Waals surface area contributed by atoms with Gasteiger partial charge in [0.15, 0.2) is 0 Å². The molecule has 0 unspecified atom stereocenters. The molecule has 0 heterocycles. The molecule has 0 spiro atoms. The normalized spacial score (nSPS) is 15.4. The fourth-order valence-electron chi connectivity index (χ4n) is 3.44. The predicted molar refractivity (Wildman–Crippen MR) is 104 cm³/mol. The number of unbranched alkanes of at least 4 members (excludes halogenated alkanes) is 8. The SMILES string of the molecule is C=CCOC(=O)NC1(C(=O)OCCCCCCCCCCC)CCCC1. The number of hydrogen-bond donors (Lipinski definition) is 1. The van der Waals surface area contributed by atoms with Crippen molar-refractivity contribution in [3.05, 3.63) is 12.7 Å². The highest BCUT2D eigenvalue weighted by Gasteiger charge is 2.44. The van der Waals surface area contributed by atoms with Crippen LogP contribution >= 0.6 is 0 Å². The van der Waals surface area contributed by atoms with E-state index in [4.69, 9.17) is 9.47 Å². The molecule has 0 aromatic carbocycles. The van der Waals surface area contributed by atoms with Crippen LogP contribution in [0.3, 0.4) is 0 Å². The maximum absolute atomic E-state index is 12.5. The Balaban J connectivity index is 2.18. The molecule has 0 atom stereocenters. The third kappa shape index (κ3) is 8.72. The van der Waals surface area contributed by atoms with Gasteiger partial charge in [0.25, 0.3) is 0 Å². The molecule has 1 fully saturated rings. The summed E-state index contributed by atoms with van der Waals surface area (Å²) in [6.45, 7) is 6.31. The van der Waals surface area contributed by atoms with Gasteiger partial charge in [-0.05, 0) is 19.3 Å². The van der Waals surface area contributed by atoms with E-state index in [1.54, 1.807) is 0 Å². The molecule has 1 N–H and O–H groups in total. The highest BCUT2D eigenvalue weighted by atomic mass is 16.6. The van der Waals surface area contributed by atoms with Gasteiger partial charge in [-0.3, -0.25) is 0 Å². The van der Waals surface area contributed by atoms with Gasteiger partial charge in [-0.1, -0.05) is 83.8 Å². The molecule has 26 heavy (non-hydrogen) atoms. The maximum atomic E-state index is 12.5. The second kappa shape index (κ2) is 13.7. The van der Waals surface area contributed by atoms with Gasteiger partial charge in [0.2, 0.25) is 0 Å². The highest BCUT2D eigenvalue weighted by Crippen LogP contribution is 2.31. The number of carbonyl (C=O) groups is 2. The zero-order chi connectivity index (χ0) is 19.1. The molecule has 5 heteroatoms. The minimum absolute atomic E-state index is 0.134. The first-order valence-electron chi connectivity index (χ1n) is 10.4. The molecule has 1 amide bonds. The first-order chi connectivity index (χ1) is 12.6. The maximum Gasteiger partial charge on any atom is 0.408 e. The van der Waals surface area contributed by atoms with Gasteiger partial charge >= 0.3 is 12.1 Å². The second-order valence-electron chi connectivity index (χ2n) is 7.27. The van der Waals surface area contributed by atoms with Gasteiger partial charge in [0, 0.05) is 0 Å². The van der Waals surface area contributed by atoms with Crippen LogP contribution in [-0.4, -0.2) is 30.8 Å². The molecule has 5 nitrogen and oxygen atoms in total. The van der Waals surface area contributed by atoms with Crippen molar-refractivity contribution in [3.63, 3.8) is 0 Å². The first kappa shape index (κ1) is 22.5. The van der Waals surface area contributed by atoms with Crippen molar-refractivity contribution in [1.29, 1.82) is 0 Å². The van der Waals surface area contributed by atoms with Gasteiger partial charge in [0.05, 0.1) is 6.61 Å². The molecule has 0 radical (unpaired) electrons. The lowest BCUT2D eigenvalue weighted by atomic mass is 9.98. The van der Waals surface area contributed by atoms with Crippen molar-refractivity contribution in [1.82, 2.24) is 5.32 Å². The lowest BCUT2D eigenvalue weighted by Gasteiger charge is -2.27. The van der Waals surface area contributed by atoms with Crippen LogP contribution in [0, 0.1) is 0 Å². The summed E-state index contributed by atoms with van der Waals surface area (Å²) in [7, 11) is 0. The van der Waals surface area contributed by atoms with Gasteiger partial charge in [-0.2, -0.15) is 0 Å². The molecule has 0 aliphatic heterocycles. The molecule has 1 aliphatic carbocycles. The number of rotatable bonds is 14. The summed E-state index contributed by atoms with van der Waals surface area (Å²) in [5.74, 6) is -0.315. The van der Waals surface area contributed by atoms with Gasteiger partial charge in [-0.15, -0.1) is 0 Å². The van der Waals surface area contributed by atoms with Crippen LogP contribution in [0.25, 0.3) is 0 Å². The Bertz CT molecular complexity index is 416. The Morgan fingerprint density at radius 1 is 0.962 bits per heavy atom. The third-order valence-corrected chi connectivity index (χ3v) is 5.00. The zero-order valence-corrected chi connectivity index (χ0v) is 16.5. The molecule has 0 aromatic heterocycles. The number of esters is 1. The Labute approximate surface area is 158 Å². The first-order valence-corrected chi connectivity index (χ1v) is 10.4. The Morgan fingerprint density at radius 2 is 1.54 bits per heavy atom. The summed E-state index contributed by atoms with van der Waals surface area (Å²) in [5.41, 5.74) is -0.905. The number of nitrogens with one attached hydrogen (secondary N) is 1. The van der Waals surface area contributed by atoms with E-state index < -0.39 is 11.6 Å². The summed E-state index contributed by atoms with van der Waals surface area (Å²) < 4.78 is 10.4. The van der Waals surface area contributed by atoms with Crippen molar-refractivity contribution in [3.8, 4) is 0 Å². The summed E-state index contributed by atoms with van der Waals surface area (Å²) >= 11 is 0. The topological polar surface area (TPSA) is 64.6 Å². The number of carbonyl (C=O) groups excluding carboxylic acids is 2. The second-order valence-corrected chi connectivity index (χ2v) is 7.27. The van der Waals surface area contributed by atoms with Gasteiger partial charge in [-0.25, -0.2) is 9.59 Å². The van der Waals surface area contributed by atoms with Crippen LogP contribution in [0.2, 0.25) is 0 Å². The number of ether oxygens (including phenoxy) is 2. The Morgan fingerprint density at radius 3 is 2.12 bits per heavy atom. The van der Waals surface area contributed by atoms with Crippen LogP contribution in [0.1, 0.15) is 90.4 Å². The Hall–Kier alpha value is -1.52. The summed E-state index contributed by atoms with van der Waals surface area (Å²) in [4.78, 5) is 24.3. The van der Waals surface area contributed by atoms with Crippen molar-refractivity contribution < 1.29 is 19.1 Å². The van der Waals surface area contributed by atoms with Crippen LogP contribution in [0.5, 0.6) is 0 Å². The fraction of sp³-hybridized carbons (Fsp3) is 0.810. The van der Waals surface area contributed by atoms with E-state index in [-0.39, 0.29) is 12.6 Å². The quantitative estimate of drug-likeness (QED) is 0.257. The van der Waals surface area contributed by atoms with E-state index in [2.05, 4.69) is 18.8 Å². The lowest BCUT2D eigenvalue weighted by molar-refractivity contribution is -0.151. The smallest absolute Gasteiger partial charge is 0.408 e. The largest absolute Gasteiger partial charge is 0.464 e. The van der Waals surface area contributed by atoms with E-state index in [1.807, 2.05) is 0 Å². The molecule has 1 saturated carbocycles. The van der Waals surface area contributed by atoms with Crippen molar-refractivity contribution in [2.45, 2.75) is 95.9 Å². The highest BCUT2D eigenvalue weighted by molar-refractivity contribution is 5.86. The van der Waals surface area contributed by atoms with Crippen molar-refractivity contribution in [2.24, 2.45) is 0 Å². The molecule has 1 aliphatic rings. The Kier molecular flexibility index (Phi) is 11.8. The standard InChI is InChI=1S/C21H37NO4/c1-3-5-6-7-8-9-10-11-14-18-25-19(23)21(15-12-13-16-21)22-20(24)26-17-4-2/h4H,2-3,5-18H2,1H3,(H,22,24). The van der Waals surface area contributed by atoms with E-state index in [0.29, 0.717) is 19.4 Å².